The minimum Gasteiger partial charge on any atom is -0.478 e. The number of carboxylic acids is 4. The van der Waals surface area contributed by atoms with Gasteiger partial charge in [-0.25, -0.2) is 19.2 Å². The van der Waals surface area contributed by atoms with Crippen LogP contribution in [0.2, 0.25) is 0 Å². The number of aliphatic hydroxyl groups is 4. The van der Waals surface area contributed by atoms with Crippen molar-refractivity contribution in [2.75, 3.05) is 37.9 Å². The minimum absolute atomic E-state index is 0.113. The van der Waals surface area contributed by atoms with E-state index in [0.717, 1.165) is 18.2 Å². The summed E-state index contributed by atoms with van der Waals surface area (Å²) in [4.78, 5) is 38.1. The van der Waals surface area contributed by atoms with Crippen LogP contribution in [0.25, 0.3) is 0 Å². The highest BCUT2D eigenvalue weighted by molar-refractivity contribution is 5.90. The zero-order valence-corrected chi connectivity index (χ0v) is 18.8. The Balaban J connectivity index is -0.000000181. The fourth-order valence-corrected chi connectivity index (χ4v) is 1.10. The summed E-state index contributed by atoms with van der Waals surface area (Å²) in [6, 6.07) is 4.23. The molecule has 0 bridgehead atoms. The molecule has 0 unspecified atom stereocenters. The van der Waals surface area contributed by atoms with Gasteiger partial charge in [-0.1, -0.05) is 19.7 Å². The van der Waals surface area contributed by atoms with E-state index in [1.165, 1.54) is 18.2 Å². The summed E-state index contributed by atoms with van der Waals surface area (Å²) < 4.78 is 0. The van der Waals surface area contributed by atoms with Crippen LogP contribution in [0.3, 0.4) is 0 Å². The van der Waals surface area contributed by atoms with Gasteiger partial charge < -0.3 is 52.3 Å². The van der Waals surface area contributed by atoms with Gasteiger partial charge in [0.15, 0.2) is 0 Å². The quantitative estimate of drug-likeness (QED) is 0.154. The Labute approximate surface area is 201 Å². The highest BCUT2D eigenvalue weighted by Crippen LogP contribution is 2.13. The topological polar surface area (TPSA) is 282 Å². The molecule has 14 heteroatoms. The number of nitrogen functional groups attached to an aromatic ring is 2. The monoisotopic (exact) mass is 504 g/mol. The second-order valence-corrected chi connectivity index (χ2v) is 5.95. The largest absolute Gasteiger partial charge is 0.478 e. The third-order valence-corrected chi connectivity index (χ3v) is 3.09. The van der Waals surface area contributed by atoms with Gasteiger partial charge in [0.25, 0.3) is 0 Å². The maximum Gasteiger partial charge on any atom is 0.335 e. The Morgan fingerprint density at radius 1 is 0.657 bits per heavy atom. The van der Waals surface area contributed by atoms with Crippen LogP contribution in [0.1, 0.15) is 10.4 Å². The first-order chi connectivity index (χ1) is 16.1. The molecule has 1 aromatic carbocycles. The zero-order valence-electron chi connectivity index (χ0n) is 18.8. The molecule has 0 heterocycles. The first-order valence-corrected chi connectivity index (χ1v) is 9.04. The van der Waals surface area contributed by atoms with Gasteiger partial charge in [0, 0.05) is 29.6 Å². The lowest BCUT2D eigenvalue weighted by molar-refractivity contribution is -0.132. The molecule has 1 rings (SSSR count). The summed E-state index contributed by atoms with van der Waals surface area (Å²) in [5.74, 6) is -3.97. The van der Waals surface area contributed by atoms with E-state index in [0.29, 0.717) is 11.4 Å². The van der Waals surface area contributed by atoms with Crippen LogP contribution < -0.4 is 11.5 Å². The third-order valence-electron chi connectivity index (χ3n) is 3.09. The Bertz CT molecular complexity index is 740. The molecule has 12 N–H and O–H groups in total. The number of hydrogen-bond acceptors (Lipinski definition) is 10. The average molecular weight is 504 g/mol. The Hall–Kier alpha value is -4.24. The van der Waals surface area contributed by atoms with E-state index in [1.807, 2.05) is 0 Å². The molecular formula is C21H32N2O12. The standard InChI is InChI=1S/C7H8N2O2.C5H12O4.3C3H4O2/c8-5-1-4(7(10)11)2-6(9)3-5;6-1-5(2-7,3-8)4-9;3*1-2-3(4)5/h1-3H,8-9H2,(H,10,11);6-9H,1-4H2;3*2H,1H2,(H,4,5). The molecule has 0 spiro atoms. The first-order valence-electron chi connectivity index (χ1n) is 9.04. The van der Waals surface area contributed by atoms with Crippen LogP contribution in [0, 0.1) is 5.41 Å². The van der Waals surface area contributed by atoms with Crippen LogP contribution in [0.15, 0.2) is 56.2 Å². The Morgan fingerprint density at radius 2 is 0.886 bits per heavy atom. The molecule has 0 fully saturated rings. The molecule has 0 amide bonds. The molecule has 0 aromatic heterocycles. The third kappa shape index (κ3) is 25.9. The summed E-state index contributed by atoms with van der Waals surface area (Å²) in [5.41, 5.74) is 10.4. The van der Waals surface area contributed by atoms with Crippen LogP contribution in [0.5, 0.6) is 0 Å². The van der Waals surface area contributed by atoms with E-state index >= 15 is 0 Å². The minimum atomic E-state index is -1.11. The summed E-state index contributed by atoms with van der Waals surface area (Å²) in [6.45, 7) is 7.26. The van der Waals surface area contributed by atoms with Crippen molar-refractivity contribution in [2.24, 2.45) is 5.41 Å². The van der Waals surface area contributed by atoms with Crippen molar-refractivity contribution in [2.45, 2.75) is 0 Å². The fraction of sp³-hybridized carbons (Fsp3) is 0.238. The molecular weight excluding hydrogens is 472 g/mol. The summed E-state index contributed by atoms with van der Waals surface area (Å²) in [6.07, 6.45) is 2.50. The van der Waals surface area contributed by atoms with Gasteiger partial charge >= 0.3 is 23.9 Å². The molecule has 0 atom stereocenters. The molecule has 198 valence electrons. The molecule has 0 saturated heterocycles. The maximum absolute atomic E-state index is 10.4. The maximum atomic E-state index is 10.4. The normalized spacial score (nSPS) is 8.80. The highest BCUT2D eigenvalue weighted by Gasteiger charge is 2.26. The van der Waals surface area contributed by atoms with Crippen molar-refractivity contribution < 1.29 is 60.0 Å². The number of aliphatic carboxylic acids is 3. The van der Waals surface area contributed by atoms with Gasteiger partial charge in [0.2, 0.25) is 0 Å². The van der Waals surface area contributed by atoms with Crippen molar-refractivity contribution in [1.29, 1.82) is 0 Å². The second-order valence-electron chi connectivity index (χ2n) is 5.95. The average Bonchev–Trinajstić information content (AvgIpc) is 2.81. The van der Waals surface area contributed by atoms with Gasteiger partial charge in [-0.3, -0.25) is 0 Å². The van der Waals surface area contributed by atoms with E-state index in [2.05, 4.69) is 19.7 Å². The number of aromatic carboxylic acids is 1. The first kappa shape index (κ1) is 38.0. The van der Waals surface area contributed by atoms with Crippen LogP contribution in [-0.4, -0.2) is 91.2 Å². The van der Waals surface area contributed by atoms with Gasteiger partial charge in [0.1, 0.15) is 0 Å². The van der Waals surface area contributed by atoms with E-state index in [-0.39, 0.29) is 5.56 Å². The smallest absolute Gasteiger partial charge is 0.335 e. The lowest BCUT2D eigenvalue weighted by Gasteiger charge is -2.23. The van der Waals surface area contributed by atoms with Crippen molar-refractivity contribution in [1.82, 2.24) is 0 Å². The highest BCUT2D eigenvalue weighted by atomic mass is 16.4. The molecule has 0 radical (unpaired) electrons. The van der Waals surface area contributed by atoms with Gasteiger partial charge in [-0.2, -0.15) is 0 Å². The zero-order chi connectivity index (χ0) is 28.6. The number of carbonyl (C=O) groups is 4. The predicted molar refractivity (Wildman–Crippen MR) is 127 cm³/mol. The van der Waals surface area contributed by atoms with E-state index < -0.39 is 55.7 Å². The molecule has 0 aliphatic rings. The second kappa shape index (κ2) is 22.9. The van der Waals surface area contributed by atoms with Gasteiger partial charge in [0.05, 0.1) is 37.4 Å². The molecule has 14 nitrogen and oxygen atoms in total. The molecule has 0 aliphatic carbocycles. The fourth-order valence-electron chi connectivity index (χ4n) is 1.10. The van der Waals surface area contributed by atoms with Crippen LogP contribution in [-0.2, 0) is 14.4 Å². The summed E-state index contributed by atoms with van der Waals surface area (Å²) in [7, 11) is 0. The van der Waals surface area contributed by atoms with E-state index in [1.54, 1.807) is 0 Å². The Kier molecular flexibility index (Phi) is 24.9. The number of anilines is 2. The van der Waals surface area contributed by atoms with Gasteiger partial charge in [-0.05, 0) is 18.2 Å². The lowest BCUT2D eigenvalue weighted by Crippen LogP contribution is -2.37. The lowest BCUT2D eigenvalue weighted by atomic mass is 9.93. The molecule has 0 aliphatic heterocycles. The van der Waals surface area contributed by atoms with E-state index in [4.69, 9.17) is 52.3 Å². The molecule has 0 saturated carbocycles. The number of rotatable bonds is 8. The molecule has 1 aromatic rings. The Morgan fingerprint density at radius 3 is 1.00 bits per heavy atom. The van der Waals surface area contributed by atoms with Crippen molar-refractivity contribution >= 4 is 35.3 Å². The number of benzene rings is 1. The number of nitrogens with two attached hydrogens (primary N) is 2. The summed E-state index contributed by atoms with van der Waals surface area (Å²) in [5, 5.41) is 65.3. The molecule has 35 heavy (non-hydrogen) atoms. The van der Waals surface area contributed by atoms with Crippen LogP contribution in [0.4, 0.5) is 11.4 Å². The van der Waals surface area contributed by atoms with E-state index in [9.17, 15) is 19.2 Å². The van der Waals surface area contributed by atoms with Crippen LogP contribution >= 0.6 is 0 Å². The summed E-state index contributed by atoms with van der Waals surface area (Å²) >= 11 is 0. The van der Waals surface area contributed by atoms with Gasteiger partial charge in [-0.15, -0.1) is 0 Å². The predicted octanol–water partition coefficient (Wildman–Crippen LogP) is -0.738. The number of carboxylic acid groups (broad SMARTS) is 4. The van der Waals surface area contributed by atoms with Crippen molar-refractivity contribution in [3.63, 3.8) is 0 Å². The van der Waals surface area contributed by atoms with Crippen molar-refractivity contribution in [3.05, 3.63) is 61.7 Å². The van der Waals surface area contributed by atoms with Crippen molar-refractivity contribution in [3.8, 4) is 0 Å². The number of aliphatic hydroxyl groups excluding tert-OH is 4. The SMILES string of the molecule is C=CC(=O)O.C=CC(=O)O.C=CC(=O)O.Nc1cc(N)cc(C(=O)O)c1.OCC(CO)(CO)CO. The number of hydrogen-bond donors (Lipinski definition) is 10.